The number of morpholine rings is 1. The number of hydrogen-bond donors (Lipinski definition) is 1. The van der Waals surface area contributed by atoms with Crippen LogP contribution in [0.1, 0.15) is 52.9 Å². The van der Waals surface area contributed by atoms with Gasteiger partial charge >= 0.3 is 5.97 Å². The predicted molar refractivity (Wildman–Crippen MR) is 128 cm³/mol. The van der Waals surface area contributed by atoms with Gasteiger partial charge in [-0.25, -0.2) is 0 Å². The molecule has 32 heavy (non-hydrogen) atoms. The van der Waals surface area contributed by atoms with Gasteiger partial charge in [-0.3, -0.25) is 9.69 Å². The van der Waals surface area contributed by atoms with Crippen LogP contribution in [-0.2, 0) is 23.4 Å². The Labute approximate surface area is 195 Å². The first kappa shape index (κ1) is 27.5. The van der Waals surface area contributed by atoms with Gasteiger partial charge < -0.3 is 23.7 Å². The van der Waals surface area contributed by atoms with E-state index in [-0.39, 0.29) is 36.5 Å². The smallest absolute Gasteiger partial charge is 0.303 e. The number of allylic oxidation sites excluding steroid dienone is 2. The minimum Gasteiger partial charge on any atom is -0.481 e. The Morgan fingerprint density at radius 2 is 1.88 bits per heavy atom. The molecule has 7 nitrogen and oxygen atoms in total. The summed E-state index contributed by atoms with van der Waals surface area (Å²) < 4.78 is 24.0. The van der Waals surface area contributed by atoms with E-state index in [1.165, 1.54) is 0 Å². The quantitative estimate of drug-likeness (QED) is 0.197. The van der Waals surface area contributed by atoms with Crippen LogP contribution in [0.2, 0.25) is 18.1 Å². The van der Waals surface area contributed by atoms with Gasteiger partial charge in [0.1, 0.15) is 6.79 Å². The van der Waals surface area contributed by atoms with Gasteiger partial charge in [-0.1, -0.05) is 32.9 Å². The highest BCUT2D eigenvalue weighted by Gasteiger charge is 2.50. The van der Waals surface area contributed by atoms with E-state index in [4.69, 9.17) is 23.7 Å². The van der Waals surface area contributed by atoms with Crippen molar-refractivity contribution in [1.29, 1.82) is 0 Å². The van der Waals surface area contributed by atoms with Crippen molar-refractivity contribution in [1.82, 2.24) is 4.90 Å². The molecule has 186 valence electrons. The molecule has 1 heterocycles. The van der Waals surface area contributed by atoms with Gasteiger partial charge in [0, 0.05) is 45.0 Å². The first-order valence-corrected chi connectivity index (χ1v) is 14.9. The average Bonchev–Trinajstić information content (AvgIpc) is 3.04. The lowest BCUT2D eigenvalue weighted by Crippen LogP contribution is -2.54. The van der Waals surface area contributed by atoms with E-state index in [1.54, 1.807) is 7.11 Å². The number of carboxylic acids is 1. The van der Waals surface area contributed by atoms with Gasteiger partial charge in [0.05, 0.1) is 25.4 Å². The predicted octanol–water partition coefficient (Wildman–Crippen LogP) is 4.29. The number of carboxylic acid groups (broad SMARTS) is 1. The summed E-state index contributed by atoms with van der Waals surface area (Å²) in [4.78, 5) is 13.3. The molecule has 2 rings (SSSR count). The van der Waals surface area contributed by atoms with Crippen molar-refractivity contribution in [3.8, 4) is 0 Å². The highest BCUT2D eigenvalue weighted by molar-refractivity contribution is 6.74. The molecule has 0 aromatic rings. The molecule has 1 N–H and O–H groups in total. The standard InChI is InChI=1S/C24H45NO6Si/c1-24(2,3)32(5,6)31-21-17-20(30-18-28-4)19(11-9-7-8-10-12-22(26)27)23(21)25-13-15-29-16-14-25/h7,9,19-21,23H,8,10-18H2,1-6H3,(H,26,27)/b9-7-/t19-,20-,21+,23+/m1/s1. The number of unbranched alkanes of at least 4 members (excludes halogenated alkanes) is 1. The molecule has 2 aliphatic rings. The molecule has 0 aromatic carbocycles. The number of rotatable bonds is 12. The number of aliphatic carboxylic acids is 1. The highest BCUT2D eigenvalue weighted by Crippen LogP contribution is 2.43. The largest absolute Gasteiger partial charge is 0.481 e. The van der Waals surface area contributed by atoms with Crippen LogP contribution < -0.4 is 0 Å². The molecule has 1 aliphatic heterocycles. The highest BCUT2D eigenvalue weighted by atomic mass is 28.4. The van der Waals surface area contributed by atoms with E-state index in [9.17, 15) is 4.79 Å². The first-order valence-electron chi connectivity index (χ1n) is 12.0. The molecule has 1 saturated heterocycles. The summed E-state index contributed by atoms with van der Waals surface area (Å²) in [7, 11) is -0.282. The third kappa shape index (κ3) is 7.92. The fraction of sp³-hybridized carbons (Fsp3) is 0.875. The van der Waals surface area contributed by atoms with Crippen molar-refractivity contribution in [3.63, 3.8) is 0 Å². The van der Waals surface area contributed by atoms with E-state index in [1.807, 2.05) is 0 Å². The summed E-state index contributed by atoms with van der Waals surface area (Å²) in [5.41, 5.74) is 0. The van der Waals surface area contributed by atoms with Gasteiger partial charge in [0.25, 0.3) is 0 Å². The van der Waals surface area contributed by atoms with Gasteiger partial charge in [0.2, 0.25) is 0 Å². The summed E-state index contributed by atoms with van der Waals surface area (Å²) in [6.07, 6.45) is 7.95. The Hall–Kier alpha value is -0.773. The van der Waals surface area contributed by atoms with Crippen molar-refractivity contribution in [2.75, 3.05) is 40.2 Å². The van der Waals surface area contributed by atoms with Gasteiger partial charge in [0.15, 0.2) is 8.32 Å². The van der Waals surface area contributed by atoms with Crippen LogP contribution in [0.5, 0.6) is 0 Å². The van der Waals surface area contributed by atoms with Crippen molar-refractivity contribution in [3.05, 3.63) is 12.2 Å². The maximum atomic E-state index is 10.7. The Bertz CT molecular complexity index is 600. The third-order valence-electron chi connectivity index (χ3n) is 7.22. The second kappa shape index (κ2) is 12.6. The van der Waals surface area contributed by atoms with E-state index >= 15 is 0 Å². The zero-order chi connectivity index (χ0) is 23.8. The maximum Gasteiger partial charge on any atom is 0.303 e. The molecule has 4 atom stereocenters. The van der Waals surface area contributed by atoms with Crippen molar-refractivity contribution < 1.29 is 28.5 Å². The van der Waals surface area contributed by atoms with Gasteiger partial charge in [-0.15, -0.1) is 0 Å². The van der Waals surface area contributed by atoms with Crippen molar-refractivity contribution >= 4 is 14.3 Å². The monoisotopic (exact) mass is 471 g/mol. The molecular weight excluding hydrogens is 426 g/mol. The Balaban J connectivity index is 2.19. The Kier molecular flexibility index (Phi) is 10.8. The SMILES string of the molecule is COCO[C@@H]1C[C@H](O[Si](C)(C)C(C)(C)C)[C@@H](N2CCOCC2)[C@@H]1C/C=C\CCCC(=O)O. The zero-order valence-electron chi connectivity index (χ0n) is 21.0. The normalized spacial score (nSPS) is 27.9. The maximum absolute atomic E-state index is 10.7. The summed E-state index contributed by atoms with van der Waals surface area (Å²) >= 11 is 0. The molecular formula is C24H45NO6Si. The Morgan fingerprint density at radius 3 is 2.47 bits per heavy atom. The van der Waals surface area contributed by atoms with Crippen LogP contribution in [-0.4, -0.2) is 82.7 Å². The fourth-order valence-electron chi connectivity index (χ4n) is 4.47. The second-order valence-electron chi connectivity index (χ2n) is 10.6. The van der Waals surface area contributed by atoms with Crippen LogP contribution in [0.4, 0.5) is 0 Å². The number of carbonyl (C=O) groups is 1. The van der Waals surface area contributed by atoms with Gasteiger partial charge in [-0.05, 0) is 37.4 Å². The lowest BCUT2D eigenvalue weighted by Gasteiger charge is -2.43. The minimum atomic E-state index is -1.94. The Morgan fingerprint density at radius 1 is 1.19 bits per heavy atom. The molecule has 1 aliphatic carbocycles. The number of ether oxygens (including phenoxy) is 3. The van der Waals surface area contributed by atoms with Crippen LogP contribution in [0.25, 0.3) is 0 Å². The molecule has 2 fully saturated rings. The summed E-state index contributed by atoms with van der Waals surface area (Å²) in [6.45, 7) is 15.1. The molecule has 0 aromatic heterocycles. The van der Waals surface area contributed by atoms with Crippen molar-refractivity contribution in [2.45, 2.75) is 89.3 Å². The molecule has 0 amide bonds. The lowest BCUT2D eigenvalue weighted by molar-refractivity contribution is -0.137. The first-order chi connectivity index (χ1) is 15.1. The van der Waals surface area contributed by atoms with Crippen LogP contribution in [0.3, 0.4) is 0 Å². The number of hydrogen-bond acceptors (Lipinski definition) is 6. The lowest BCUT2D eigenvalue weighted by atomic mass is 9.94. The van der Waals surface area contributed by atoms with E-state index < -0.39 is 14.3 Å². The number of methoxy groups -OCH3 is 1. The van der Waals surface area contributed by atoms with Crippen LogP contribution in [0.15, 0.2) is 12.2 Å². The minimum absolute atomic E-state index is 0.0706. The molecule has 8 heteroatoms. The molecule has 0 spiro atoms. The molecule has 0 unspecified atom stereocenters. The van der Waals surface area contributed by atoms with E-state index in [0.717, 1.165) is 45.6 Å². The third-order valence-corrected chi connectivity index (χ3v) is 11.7. The van der Waals surface area contributed by atoms with E-state index in [0.29, 0.717) is 12.3 Å². The summed E-state index contributed by atoms with van der Waals surface area (Å²) in [5.74, 6) is -0.436. The molecule has 1 saturated carbocycles. The second-order valence-corrected chi connectivity index (χ2v) is 15.3. The zero-order valence-corrected chi connectivity index (χ0v) is 22.0. The topological polar surface area (TPSA) is 77.5 Å². The average molecular weight is 472 g/mol. The summed E-state index contributed by atoms with van der Waals surface area (Å²) in [6, 6.07) is 0.276. The fourth-order valence-corrected chi connectivity index (χ4v) is 5.82. The van der Waals surface area contributed by atoms with Crippen LogP contribution in [0, 0.1) is 5.92 Å². The van der Waals surface area contributed by atoms with Crippen LogP contribution >= 0.6 is 0 Å². The summed E-state index contributed by atoms with van der Waals surface area (Å²) in [5, 5.41) is 8.99. The molecule has 0 radical (unpaired) electrons. The van der Waals surface area contributed by atoms with E-state index in [2.05, 4.69) is 50.9 Å². The number of nitrogens with zero attached hydrogens (tertiary/aromatic N) is 1. The van der Waals surface area contributed by atoms with Gasteiger partial charge in [-0.2, -0.15) is 0 Å². The van der Waals surface area contributed by atoms with Crippen molar-refractivity contribution in [2.24, 2.45) is 5.92 Å². The molecule has 0 bridgehead atoms.